The third-order valence-corrected chi connectivity index (χ3v) is 2.16. The van der Waals surface area contributed by atoms with Crippen LogP contribution in [0.2, 0.25) is 0 Å². The number of aromatic nitrogens is 1. The molecule has 0 saturated heterocycles. The lowest BCUT2D eigenvalue weighted by Crippen LogP contribution is -2.33. The molecule has 0 radical (unpaired) electrons. The minimum Gasteiger partial charge on any atom is -0.382 e. The maximum Gasteiger partial charge on any atom is 0.141 e. The van der Waals surface area contributed by atoms with E-state index in [0.717, 1.165) is 12.2 Å². The van der Waals surface area contributed by atoms with Crippen LogP contribution in [-0.2, 0) is 4.74 Å². The predicted molar refractivity (Wildman–Crippen MR) is 66.2 cm³/mol. The van der Waals surface area contributed by atoms with Gasteiger partial charge in [-0.1, -0.05) is 0 Å². The highest BCUT2D eigenvalue weighted by atomic mass is 16.5. The minimum atomic E-state index is -0.186. The van der Waals surface area contributed by atoms with E-state index < -0.39 is 0 Å². The van der Waals surface area contributed by atoms with Crippen LogP contribution in [0.15, 0.2) is 18.3 Å². The van der Waals surface area contributed by atoms with Crippen LogP contribution in [0.25, 0.3) is 0 Å². The number of anilines is 2. The van der Waals surface area contributed by atoms with Crippen molar-refractivity contribution >= 4 is 11.5 Å². The number of nitrogen functional groups attached to an aromatic ring is 1. The smallest absolute Gasteiger partial charge is 0.141 e. The first-order chi connectivity index (χ1) is 7.57. The summed E-state index contributed by atoms with van der Waals surface area (Å²) in [6.07, 6.45) is 1.70. The van der Waals surface area contributed by atoms with Crippen molar-refractivity contribution in [2.45, 2.75) is 26.4 Å². The number of nitrogens with one attached hydrogen (secondary N) is 2. The van der Waals surface area contributed by atoms with Crippen molar-refractivity contribution in [1.82, 2.24) is 4.98 Å². The maximum absolute atomic E-state index is 5.59. The number of pyridine rings is 1. The molecule has 0 fully saturated rings. The fourth-order valence-electron chi connectivity index (χ4n) is 1.38. The average Bonchev–Trinajstić information content (AvgIpc) is 2.27. The normalized spacial score (nSPS) is 11.2. The number of hydrazine groups is 1. The van der Waals surface area contributed by atoms with E-state index in [0.29, 0.717) is 12.4 Å². The Morgan fingerprint density at radius 2 is 2.25 bits per heavy atom. The largest absolute Gasteiger partial charge is 0.382 e. The number of nitrogens with zero attached hydrogens (tertiary/aromatic N) is 1. The molecule has 1 aromatic heterocycles. The van der Waals surface area contributed by atoms with Crippen molar-refractivity contribution in [2.24, 2.45) is 5.84 Å². The van der Waals surface area contributed by atoms with E-state index >= 15 is 0 Å². The van der Waals surface area contributed by atoms with Crippen molar-refractivity contribution in [1.29, 1.82) is 0 Å². The first-order valence-electron chi connectivity index (χ1n) is 5.38. The molecular formula is C11H20N4O. The van der Waals surface area contributed by atoms with Crippen LogP contribution in [0, 0.1) is 0 Å². The molecule has 1 rings (SSSR count). The summed E-state index contributed by atoms with van der Waals surface area (Å²) in [5, 5.41) is 3.28. The molecule has 4 N–H and O–H groups in total. The van der Waals surface area contributed by atoms with Crippen LogP contribution in [0.1, 0.15) is 20.8 Å². The molecule has 0 aromatic carbocycles. The molecule has 0 amide bonds. The fourth-order valence-corrected chi connectivity index (χ4v) is 1.38. The van der Waals surface area contributed by atoms with Gasteiger partial charge in [0.05, 0.1) is 5.60 Å². The molecular weight excluding hydrogens is 204 g/mol. The first-order valence-corrected chi connectivity index (χ1v) is 5.38. The first kappa shape index (κ1) is 12.7. The minimum absolute atomic E-state index is 0.186. The van der Waals surface area contributed by atoms with E-state index in [1.807, 2.05) is 32.9 Å². The summed E-state index contributed by atoms with van der Waals surface area (Å²) in [5.74, 6) is 5.92. The van der Waals surface area contributed by atoms with Crippen molar-refractivity contribution < 1.29 is 4.74 Å². The van der Waals surface area contributed by atoms with Gasteiger partial charge < -0.3 is 15.5 Å². The molecule has 0 atom stereocenters. The van der Waals surface area contributed by atoms with E-state index in [1.165, 1.54) is 0 Å². The van der Waals surface area contributed by atoms with Gasteiger partial charge in [0.25, 0.3) is 0 Å². The highest BCUT2D eigenvalue weighted by Gasteiger charge is 2.16. The van der Waals surface area contributed by atoms with Gasteiger partial charge in [-0.15, -0.1) is 0 Å². The second-order valence-electron chi connectivity index (χ2n) is 4.12. The van der Waals surface area contributed by atoms with Crippen LogP contribution < -0.4 is 16.6 Å². The Balaban J connectivity index is 2.53. The Bertz CT molecular complexity index is 328. The van der Waals surface area contributed by atoms with Crippen molar-refractivity contribution in [3.63, 3.8) is 0 Å². The van der Waals surface area contributed by atoms with Gasteiger partial charge in [-0.05, 0) is 26.8 Å². The molecule has 1 heterocycles. The molecule has 0 aliphatic heterocycles. The SMILES string of the molecule is CCOC(C)(C)CNc1ccnc(NN)c1. The highest BCUT2D eigenvalue weighted by Crippen LogP contribution is 2.14. The van der Waals surface area contributed by atoms with Gasteiger partial charge in [0, 0.05) is 31.1 Å². The lowest BCUT2D eigenvalue weighted by Gasteiger charge is -2.25. The zero-order chi connectivity index (χ0) is 12.0. The number of rotatable bonds is 6. The van der Waals surface area contributed by atoms with Gasteiger partial charge in [0.2, 0.25) is 0 Å². The van der Waals surface area contributed by atoms with Crippen LogP contribution >= 0.6 is 0 Å². The summed E-state index contributed by atoms with van der Waals surface area (Å²) in [7, 11) is 0. The number of hydrogen-bond donors (Lipinski definition) is 3. The molecule has 0 aliphatic rings. The molecule has 16 heavy (non-hydrogen) atoms. The van der Waals surface area contributed by atoms with Gasteiger partial charge in [0.1, 0.15) is 5.82 Å². The van der Waals surface area contributed by atoms with Gasteiger partial charge >= 0.3 is 0 Å². The molecule has 5 heteroatoms. The van der Waals surface area contributed by atoms with Crippen molar-refractivity contribution in [3.05, 3.63) is 18.3 Å². The summed E-state index contributed by atoms with van der Waals surface area (Å²) >= 11 is 0. The molecule has 0 unspecified atom stereocenters. The van der Waals surface area contributed by atoms with E-state index in [9.17, 15) is 0 Å². The van der Waals surface area contributed by atoms with Crippen LogP contribution in [-0.4, -0.2) is 23.7 Å². The standard InChI is InChI=1S/C11H20N4O/c1-4-16-11(2,3)8-14-9-5-6-13-10(7-9)15-12/h5-7H,4,8,12H2,1-3H3,(H2,13,14,15). The Hall–Kier alpha value is -1.33. The summed E-state index contributed by atoms with van der Waals surface area (Å²) in [6.45, 7) is 7.53. The van der Waals surface area contributed by atoms with Gasteiger partial charge in [-0.25, -0.2) is 10.8 Å². The van der Waals surface area contributed by atoms with Gasteiger partial charge in [0.15, 0.2) is 0 Å². The Morgan fingerprint density at radius 3 is 2.88 bits per heavy atom. The number of hydrogen-bond acceptors (Lipinski definition) is 5. The summed E-state index contributed by atoms with van der Waals surface area (Å²) < 4.78 is 5.59. The summed E-state index contributed by atoms with van der Waals surface area (Å²) in [6, 6.07) is 3.74. The lowest BCUT2D eigenvalue weighted by molar-refractivity contribution is 0.000698. The zero-order valence-electron chi connectivity index (χ0n) is 10.1. The quantitative estimate of drug-likeness (QED) is 0.505. The summed E-state index contributed by atoms with van der Waals surface area (Å²) in [5.41, 5.74) is 3.29. The molecule has 0 aliphatic carbocycles. The van der Waals surface area contributed by atoms with Crippen molar-refractivity contribution in [2.75, 3.05) is 23.9 Å². The van der Waals surface area contributed by atoms with E-state index in [4.69, 9.17) is 10.6 Å². The van der Waals surface area contributed by atoms with E-state index in [2.05, 4.69) is 15.7 Å². The highest BCUT2D eigenvalue weighted by molar-refractivity contribution is 5.51. The van der Waals surface area contributed by atoms with Crippen molar-refractivity contribution in [3.8, 4) is 0 Å². The van der Waals surface area contributed by atoms with Crippen LogP contribution in [0.5, 0.6) is 0 Å². The van der Waals surface area contributed by atoms with Gasteiger partial charge in [-0.3, -0.25) is 0 Å². The second-order valence-corrected chi connectivity index (χ2v) is 4.12. The maximum atomic E-state index is 5.59. The van der Waals surface area contributed by atoms with E-state index in [1.54, 1.807) is 6.20 Å². The third kappa shape index (κ3) is 4.04. The molecule has 0 saturated carbocycles. The Morgan fingerprint density at radius 1 is 1.50 bits per heavy atom. The van der Waals surface area contributed by atoms with Gasteiger partial charge in [-0.2, -0.15) is 0 Å². The Kier molecular flexibility index (Phi) is 4.52. The van der Waals surface area contributed by atoms with Crippen LogP contribution in [0.3, 0.4) is 0 Å². The molecule has 0 spiro atoms. The topological polar surface area (TPSA) is 72.2 Å². The average molecular weight is 224 g/mol. The van der Waals surface area contributed by atoms with Crippen LogP contribution in [0.4, 0.5) is 11.5 Å². The zero-order valence-corrected chi connectivity index (χ0v) is 10.1. The van der Waals surface area contributed by atoms with E-state index in [-0.39, 0.29) is 5.60 Å². The molecule has 5 nitrogen and oxygen atoms in total. The summed E-state index contributed by atoms with van der Waals surface area (Å²) in [4.78, 5) is 4.03. The monoisotopic (exact) mass is 224 g/mol. The fraction of sp³-hybridized carbons (Fsp3) is 0.545. The second kappa shape index (κ2) is 5.67. The Labute approximate surface area is 96.4 Å². The molecule has 0 bridgehead atoms. The lowest BCUT2D eigenvalue weighted by atomic mass is 10.1. The third-order valence-electron chi connectivity index (χ3n) is 2.16. The number of ether oxygens (including phenoxy) is 1. The number of nitrogens with two attached hydrogens (primary N) is 1. The molecule has 1 aromatic rings. The molecule has 90 valence electrons. The predicted octanol–water partition coefficient (Wildman–Crippen LogP) is 1.59.